The number of anilines is 1. The van der Waals surface area contributed by atoms with Crippen LogP contribution in [0.25, 0.3) is 11.4 Å². The zero-order chi connectivity index (χ0) is 17.6. The van der Waals surface area contributed by atoms with Gasteiger partial charge in [0.1, 0.15) is 6.07 Å². The van der Waals surface area contributed by atoms with E-state index in [0.29, 0.717) is 27.3 Å². The number of rotatable bonds is 5. The SMILES string of the molecule is N#Cc1ccc(NC(=O)CSc2n[nH]c(-c3ccccc3)n2)cc1Cl. The van der Waals surface area contributed by atoms with E-state index >= 15 is 0 Å². The largest absolute Gasteiger partial charge is 0.325 e. The molecule has 0 radical (unpaired) electrons. The highest BCUT2D eigenvalue weighted by atomic mass is 35.5. The van der Waals surface area contributed by atoms with Gasteiger partial charge in [0.2, 0.25) is 11.1 Å². The molecule has 0 spiro atoms. The first kappa shape index (κ1) is 17.0. The molecule has 0 unspecified atom stereocenters. The topological polar surface area (TPSA) is 94.5 Å². The van der Waals surface area contributed by atoms with Gasteiger partial charge in [0.15, 0.2) is 5.82 Å². The second kappa shape index (κ2) is 7.83. The fourth-order valence-corrected chi connectivity index (χ4v) is 2.87. The number of amides is 1. The number of nitrogens with one attached hydrogen (secondary N) is 2. The first-order valence-electron chi connectivity index (χ1n) is 7.26. The van der Waals surface area contributed by atoms with E-state index in [-0.39, 0.29) is 11.7 Å². The number of carbonyl (C=O) groups is 1. The summed E-state index contributed by atoms with van der Waals surface area (Å²) < 4.78 is 0. The van der Waals surface area contributed by atoms with Crippen LogP contribution in [0.1, 0.15) is 5.56 Å². The molecule has 2 N–H and O–H groups in total. The van der Waals surface area contributed by atoms with Gasteiger partial charge in [-0.2, -0.15) is 5.26 Å². The molecule has 0 fully saturated rings. The fourth-order valence-electron chi connectivity index (χ4n) is 2.05. The van der Waals surface area contributed by atoms with Crippen molar-refractivity contribution in [1.82, 2.24) is 15.2 Å². The molecule has 0 aliphatic heterocycles. The predicted octanol–water partition coefficient (Wildman–Crippen LogP) is 3.73. The minimum Gasteiger partial charge on any atom is -0.325 e. The van der Waals surface area contributed by atoms with Crippen molar-refractivity contribution in [1.29, 1.82) is 5.26 Å². The van der Waals surface area contributed by atoms with E-state index in [1.165, 1.54) is 11.8 Å². The number of hydrogen-bond acceptors (Lipinski definition) is 5. The smallest absolute Gasteiger partial charge is 0.234 e. The molecule has 0 saturated carbocycles. The van der Waals surface area contributed by atoms with Gasteiger partial charge in [0.25, 0.3) is 0 Å². The number of hydrogen-bond donors (Lipinski definition) is 2. The van der Waals surface area contributed by atoms with E-state index in [1.54, 1.807) is 18.2 Å². The molecular formula is C17H12ClN5OS. The molecule has 0 saturated heterocycles. The van der Waals surface area contributed by atoms with Crippen molar-refractivity contribution in [3.8, 4) is 17.5 Å². The van der Waals surface area contributed by atoms with E-state index in [9.17, 15) is 4.79 Å². The van der Waals surface area contributed by atoms with Crippen LogP contribution in [0.3, 0.4) is 0 Å². The Morgan fingerprint density at radius 3 is 2.80 bits per heavy atom. The first-order valence-corrected chi connectivity index (χ1v) is 8.62. The summed E-state index contributed by atoms with van der Waals surface area (Å²) in [4.78, 5) is 16.4. The summed E-state index contributed by atoms with van der Waals surface area (Å²) in [6.45, 7) is 0. The zero-order valence-electron chi connectivity index (χ0n) is 12.9. The monoisotopic (exact) mass is 369 g/mol. The number of aromatic amines is 1. The third-order valence-corrected chi connectivity index (χ3v) is 4.38. The lowest BCUT2D eigenvalue weighted by Gasteiger charge is -2.05. The Morgan fingerprint density at radius 1 is 1.28 bits per heavy atom. The second-order valence-electron chi connectivity index (χ2n) is 4.98. The summed E-state index contributed by atoms with van der Waals surface area (Å²) in [5.41, 5.74) is 1.83. The van der Waals surface area contributed by atoms with Crippen LogP contribution in [0.2, 0.25) is 5.02 Å². The third kappa shape index (κ3) is 4.38. The quantitative estimate of drug-likeness (QED) is 0.668. The number of nitriles is 1. The van der Waals surface area contributed by atoms with E-state index in [2.05, 4.69) is 20.5 Å². The van der Waals surface area contributed by atoms with Gasteiger partial charge in [-0.15, -0.1) is 5.10 Å². The summed E-state index contributed by atoms with van der Waals surface area (Å²) in [7, 11) is 0. The molecule has 3 aromatic rings. The van der Waals surface area contributed by atoms with Gasteiger partial charge in [-0.3, -0.25) is 9.89 Å². The average Bonchev–Trinajstić information content (AvgIpc) is 3.10. The molecule has 1 aromatic heterocycles. The van der Waals surface area contributed by atoms with Gasteiger partial charge in [0.05, 0.1) is 16.3 Å². The van der Waals surface area contributed by atoms with Crippen LogP contribution in [0.15, 0.2) is 53.7 Å². The molecule has 0 bridgehead atoms. The van der Waals surface area contributed by atoms with E-state index in [4.69, 9.17) is 16.9 Å². The highest BCUT2D eigenvalue weighted by molar-refractivity contribution is 7.99. The molecule has 2 aromatic carbocycles. The predicted molar refractivity (Wildman–Crippen MR) is 97.3 cm³/mol. The molecule has 0 aliphatic carbocycles. The summed E-state index contributed by atoms with van der Waals surface area (Å²) in [5, 5.41) is 19.3. The van der Waals surface area contributed by atoms with E-state index in [0.717, 1.165) is 5.56 Å². The van der Waals surface area contributed by atoms with Crippen molar-refractivity contribution in [2.45, 2.75) is 5.16 Å². The van der Waals surface area contributed by atoms with Crippen LogP contribution in [0, 0.1) is 11.3 Å². The minimum atomic E-state index is -0.211. The van der Waals surface area contributed by atoms with Crippen molar-refractivity contribution in [2.75, 3.05) is 11.1 Å². The number of halogens is 1. The highest BCUT2D eigenvalue weighted by Gasteiger charge is 2.10. The number of benzene rings is 2. The van der Waals surface area contributed by atoms with Crippen molar-refractivity contribution < 1.29 is 4.79 Å². The average molecular weight is 370 g/mol. The Bertz CT molecular complexity index is 936. The van der Waals surface area contributed by atoms with Gasteiger partial charge < -0.3 is 5.32 Å². The third-order valence-electron chi connectivity index (χ3n) is 3.22. The summed E-state index contributed by atoms with van der Waals surface area (Å²) >= 11 is 7.17. The lowest BCUT2D eigenvalue weighted by molar-refractivity contribution is -0.113. The number of nitrogens with zero attached hydrogens (tertiary/aromatic N) is 3. The van der Waals surface area contributed by atoms with Gasteiger partial charge in [0, 0.05) is 11.3 Å². The molecule has 0 atom stereocenters. The van der Waals surface area contributed by atoms with E-state index < -0.39 is 0 Å². The molecule has 0 aliphatic rings. The summed E-state index contributed by atoms with van der Waals surface area (Å²) in [6.07, 6.45) is 0. The fraction of sp³-hybridized carbons (Fsp3) is 0.0588. The van der Waals surface area contributed by atoms with Crippen LogP contribution >= 0.6 is 23.4 Å². The molecule has 25 heavy (non-hydrogen) atoms. The lowest BCUT2D eigenvalue weighted by atomic mass is 10.2. The Labute approximate surface area is 153 Å². The molecule has 1 amide bonds. The second-order valence-corrected chi connectivity index (χ2v) is 6.33. The number of H-pyrrole nitrogens is 1. The van der Waals surface area contributed by atoms with Crippen LogP contribution in [0.4, 0.5) is 5.69 Å². The molecule has 3 rings (SSSR count). The molecule has 124 valence electrons. The molecule has 6 nitrogen and oxygen atoms in total. The maximum absolute atomic E-state index is 12.0. The Balaban J connectivity index is 1.57. The summed E-state index contributed by atoms with van der Waals surface area (Å²) in [5.74, 6) is 0.600. The van der Waals surface area contributed by atoms with Gasteiger partial charge in [-0.05, 0) is 18.2 Å². The Kier molecular flexibility index (Phi) is 5.33. The van der Waals surface area contributed by atoms with Gasteiger partial charge in [-0.1, -0.05) is 53.7 Å². The van der Waals surface area contributed by atoms with E-state index in [1.807, 2.05) is 36.4 Å². The Hall–Kier alpha value is -2.82. The lowest BCUT2D eigenvalue weighted by Crippen LogP contribution is -2.14. The van der Waals surface area contributed by atoms with Crippen molar-refractivity contribution in [2.24, 2.45) is 0 Å². The van der Waals surface area contributed by atoms with Crippen molar-refractivity contribution in [3.05, 3.63) is 59.1 Å². The number of aromatic nitrogens is 3. The first-order chi connectivity index (χ1) is 12.2. The number of thioether (sulfide) groups is 1. The van der Waals surface area contributed by atoms with Crippen molar-refractivity contribution in [3.63, 3.8) is 0 Å². The molecular weight excluding hydrogens is 358 g/mol. The minimum absolute atomic E-state index is 0.156. The van der Waals surface area contributed by atoms with Crippen LogP contribution in [0.5, 0.6) is 0 Å². The van der Waals surface area contributed by atoms with Crippen molar-refractivity contribution >= 4 is 35.0 Å². The standard InChI is InChI=1S/C17H12ClN5OS/c18-14-8-13(7-6-12(14)9-19)20-15(24)10-25-17-21-16(22-23-17)11-4-2-1-3-5-11/h1-8H,10H2,(H,20,24)(H,21,22,23). The summed E-state index contributed by atoms with van der Waals surface area (Å²) in [6, 6.07) is 16.3. The molecule has 8 heteroatoms. The van der Waals surface area contributed by atoms with Gasteiger partial charge >= 0.3 is 0 Å². The van der Waals surface area contributed by atoms with Crippen LogP contribution in [-0.2, 0) is 4.79 Å². The highest BCUT2D eigenvalue weighted by Crippen LogP contribution is 2.21. The normalized spacial score (nSPS) is 10.2. The van der Waals surface area contributed by atoms with Gasteiger partial charge in [-0.25, -0.2) is 4.98 Å². The van der Waals surface area contributed by atoms with Crippen LogP contribution < -0.4 is 5.32 Å². The number of carbonyl (C=O) groups excluding carboxylic acids is 1. The van der Waals surface area contributed by atoms with Crippen LogP contribution in [-0.4, -0.2) is 26.8 Å². The maximum Gasteiger partial charge on any atom is 0.234 e. The zero-order valence-corrected chi connectivity index (χ0v) is 14.4. The molecule has 1 heterocycles. The maximum atomic E-state index is 12.0. The Morgan fingerprint density at radius 2 is 2.08 bits per heavy atom.